The first-order valence-electron chi connectivity index (χ1n) is 47.3. The van der Waals surface area contributed by atoms with Gasteiger partial charge in [-0.05, 0) is 148 Å². The summed E-state index contributed by atoms with van der Waals surface area (Å²) in [5, 5.41) is 129. The minimum Gasteiger partial charge on any atom is -0.497 e. The van der Waals surface area contributed by atoms with Crippen LogP contribution in [0.4, 0.5) is 0 Å². The number of methoxy groups -OCH3 is 3. The molecule has 6 aliphatic heterocycles. The van der Waals surface area contributed by atoms with Crippen LogP contribution in [-0.2, 0) is 169 Å². The van der Waals surface area contributed by atoms with E-state index in [1.165, 1.54) is 27.6 Å². The maximum Gasteiger partial charge on any atom is 0.339 e. The average Bonchev–Trinajstić information content (AvgIpc) is 0.820. The molecule has 10 rings (SSSR count). The van der Waals surface area contributed by atoms with Crippen LogP contribution in [-0.4, -0.2) is 400 Å². The zero-order chi connectivity index (χ0) is 107. The summed E-state index contributed by atoms with van der Waals surface area (Å²) < 4.78 is 154. The number of aliphatic hydroxyl groups excluding tert-OH is 12. The van der Waals surface area contributed by atoms with Crippen molar-refractivity contribution in [2.75, 3.05) is 74.2 Å². The van der Waals surface area contributed by atoms with Crippen LogP contribution in [0, 0.1) is 23.8 Å². The molecule has 0 aliphatic carbocycles. The largest absolute Gasteiger partial charge is 0.497 e. The fourth-order valence-electron chi connectivity index (χ4n) is 14.9. The van der Waals surface area contributed by atoms with Crippen molar-refractivity contribution < 1.29 is 222 Å². The second kappa shape index (κ2) is 59.6. The lowest BCUT2D eigenvalue weighted by molar-refractivity contribution is -0.317. The minimum atomic E-state index is -1.70. The fourth-order valence-corrected chi connectivity index (χ4v) is 15.5. The van der Waals surface area contributed by atoms with Crippen LogP contribution in [0.3, 0.4) is 0 Å². The number of ether oxygens (including phenoxy) is 27. The molecule has 4 aromatic rings. The molecule has 6 aliphatic rings. The van der Waals surface area contributed by atoms with E-state index in [1.807, 2.05) is 19.6 Å². The van der Waals surface area contributed by atoms with E-state index in [-0.39, 0.29) is 79.3 Å². The van der Waals surface area contributed by atoms with Gasteiger partial charge in [-0.25, -0.2) is 28.8 Å². The monoisotopic (exact) mass is 2080 g/mol. The highest BCUT2D eigenvalue weighted by molar-refractivity contribution is 6.83. The number of terminal acetylenes is 1. The Morgan fingerprint density at radius 1 is 0.310 bits per heavy atom. The molecule has 47 heteroatoms. The molecule has 0 amide bonds. The summed E-state index contributed by atoms with van der Waals surface area (Å²) in [4.78, 5) is 78.2. The lowest BCUT2D eigenvalue weighted by atomic mass is 9.98. The van der Waals surface area contributed by atoms with Crippen LogP contribution in [0.5, 0.6) is 17.2 Å². The van der Waals surface area contributed by atoms with Crippen LogP contribution in [0.15, 0.2) is 95.6 Å². The van der Waals surface area contributed by atoms with Crippen LogP contribution in [0.1, 0.15) is 106 Å². The maximum absolute atomic E-state index is 13.2. The number of esters is 6. The fraction of sp³-hybridized carbons (Fsp3) is 0.673. The standard InChI is InChI=1S/C34H52O15Si.C33H46O16.C31H44O15/c1-19(2)46-28-24(36)25(37)33(48-30(28)31(39)43-14-9-17-50(6,7)8)44-16-15-42-27-23(35)26(38)34(47-20(3)4)49-29(27)32(40)45-18-21-10-12-22(41-5)13-11-21;1-17(2)46-27-23(35)24(36)32(48-29(27)31(39)45-16-21-7-6-12-41-21)43-14-13-42-26-22(34)25(37)33(47-18(3)4)49-28(26)30(38)44-15-19-8-10-20(40-5)11-9-19;1-7-12-40-28(36)27-25(43-16(2)3)21(33)22(34)30(45-27)41-14-13-39-24-20(32)23(35)31(44-17(4)5)46-26(24)29(37)42-15-18-8-10-19(38-6)11-9-18/h10-13,19-20,23-30,33-38H,14-16,18H2,1-8H3;6-12,17-18,22-29,32-37H,13-16H2,1-5H3;1,8-11,16-17,20-27,30-35H,12-15H2,2-6H3/t23-,24-,25+,26+,27+,28+,29?,30?,33-,34-;22-,23-,24+,25+,26+,27+,28?,29?,32-,33-;20-,21-,22+,23+,24+,25+,26?,27?,30-,31-/m111/s1. The van der Waals surface area contributed by atoms with E-state index < -0.39 is 265 Å². The van der Waals surface area contributed by atoms with Gasteiger partial charge in [0, 0.05) is 0 Å². The van der Waals surface area contributed by atoms with Crippen LogP contribution >= 0.6 is 0 Å². The molecule has 30 atom stereocenters. The minimum absolute atomic E-state index is 0.123. The van der Waals surface area contributed by atoms with Crippen molar-refractivity contribution in [3.8, 4) is 41.1 Å². The van der Waals surface area contributed by atoms with Crippen molar-refractivity contribution in [3.63, 3.8) is 0 Å². The van der Waals surface area contributed by atoms with Gasteiger partial charge < -0.3 is 194 Å². The van der Waals surface area contributed by atoms with Gasteiger partial charge in [-0.2, -0.15) is 0 Å². The molecule has 46 nitrogen and oxygen atoms in total. The van der Waals surface area contributed by atoms with E-state index in [2.05, 4.69) is 17.4 Å². The highest BCUT2D eigenvalue weighted by Gasteiger charge is 2.57. The zero-order valence-corrected chi connectivity index (χ0v) is 85.3. The van der Waals surface area contributed by atoms with Gasteiger partial charge in [0.25, 0.3) is 0 Å². The lowest BCUT2D eigenvalue weighted by Crippen LogP contribution is -2.62. The van der Waals surface area contributed by atoms with Gasteiger partial charge in [0.15, 0.2) is 87.6 Å². The van der Waals surface area contributed by atoms with Crippen LogP contribution in [0.2, 0.25) is 19.6 Å². The molecule has 6 fully saturated rings. The van der Waals surface area contributed by atoms with Crippen molar-refractivity contribution in [1.82, 2.24) is 0 Å². The Morgan fingerprint density at radius 3 is 0.807 bits per heavy atom. The van der Waals surface area contributed by atoms with Gasteiger partial charge in [-0.1, -0.05) is 67.9 Å². The number of carbonyl (C=O) groups excluding carboxylic acids is 6. The molecule has 12 N–H and O–H groups in total. The Kier molecular flexibility index (Phi) is 50.0. The molecule has 0 radical (unpaired) electrons. The molecule has 0 spiro atoms. The molecule has 3 aromatic carbocycles. The smallest absolute Gasteiger partial charge is 0.339 e. The predicted octanol–water partition coefficient (Wildman–Crippen LogP) is 0.693. The lowest BCUT2D eigenvalue weighted by Gasteiger charge is -2.42. The van der Waals surface area contributed by atoms with E-state index in [4.69, 9.17) is 139 Å². The Labute approximate surface area is 841 Å². The Bertz CT molecular complexity index is 4600. The van der Waals surface area contributed by atoms with E-state index in [0.717, 1.165) is 0 Å². The molecule has 0 bridgehead atoms. The summed E-state index contributed by atoms with van der Waals surface area (Å²) in [5.74, 6) is 1.90. The van der Waals surface area contributed by atoms with Gasteiger partial charge in [0.1, 0.15) is 167 Å². The van der Waals surface area contributed by atoms with Crippen molar-refractivity contribution in [2.45, 2.75) is 350 Å². The summed E-state index contributed by atoms with van der Waals surface area (Å²) >= 11 is 0. The number of carbonyl (C=O) groups is 6. The first kappa shape index (κ1) is 122. The normalized spacial score (nSPS) is 30.6. The van der Waals surface area contributed by atoms with Gasteiger partial charge >= 0.3 is 35.8 Å². The van der Waals surface area contributed by atoms with Gasteiger partial charge in [0.2, 0.25) is 0 Å². The number of hydrogen-bond acceptors (Lipinski definition) is 46. The molecular formula is C98H142O46Si. The molecule has 7 heterocycles. The van der Waals surface area contributed by atoms with E-state index in [1.54, 1.807) is 168 Å². The molecular weight excluding hydrogens is 1940 g/mol. The van der Waals surface area contributed by atoms with Crippen molar-refractivity contribution >= 4 is 43.9 Å². The van der Waals surface area contributed by atoms with Crippen molar-refractivity contribution in [2.24, 2.45) is 0 Å². The quantitative estimate of drug-likeness (QED) is 0.00952. The van der Waals surface area contributed by atoms with Gasteiger partial charge in [-0.15, -0.1) is 12.0 Å². The zero-order valence-electron chi connectivity index (χ0n) is 84.3. The summed E-state index contributed by atoms with van der Waals surface area (Å²) in [7, 11) is 2.88. The molecule has 1 aromatic heterocycles. The van der Waals surface area contributed by atoms with E-state index in [0.29, 0.717) is 39.7 Å². The molecule has 0 saturated carbocycles. The highest BCUT2D eigenvalue weighted by Crippen LogP contribution is 2.36. The number of hydrogen-bond donors (Lipinski definition) is 12. The first-order chi connectivity index (χ1) is 68.8. The van der Waals surface area contributed by atoms with Gasteiger partial charge in [-0.3, -0.25) is 0 Å². The third kappa shape index (κ3) is 36.9. The second-order valence-electron chi connectivity index (χ2n) is 36.6. The summed E-state index contributed by atoms with van der Waals surface area (Å²) in [6.07, 6.45) is -41.0. The molecule has 6 saturated heterocycles. The third-order valence-electron chi connectivity index (χ3n) is 21.8. The van der Waals surface area contributed by atoms with Crippen LogP contribution in [0.25, 0.3) is 0 Å². The third-order valence-corrected chi connectivity index (χ3v) is 22.7. The van der Waals surface area contributed by atoms with Crippen LogP contribution < -0.4 is 14.2 Å². The number of furan rings is 1. The summed E-state index contributed by atoms with van der Waals surface area (Å²) in [5.41, 5.74) is 5.05. The molecule has 814 valence electrons. The van der Waals surface area contributed by atoms with Crippen molar-refractivity contribution in [1.29, 1.82) is 0 Å². The predicted molar refractivity (Wildman–Crippen MR) is 499 cm³/mol. The summed E-state index contributed by atoms with van der Waals surface area (Å²) in [6.45, 7) is 23.3. The Hall–Kier alpha value is -8.70. The van der Waals surface area contributed by atoms with Gasteiger partial charge in [0.05, 0.1) is 104 Å². The Balaban J connectivity index is 0.000000266. The maximum atomic E-state index is 13.2. The SMILES string of the molecule is C#CCOC(=O)C1O[C@@H](OCCO[C@@H]2C(C(=O)OCc3ccc(OC)cc3)O[C@@H](OC(C)C)[C@@H](O)[C@H]2O)[C@@H](O)[C@@H](O)[C@@H]1OC(C)C.COc1ccc(COC(=O)C2O[C@@H](OC(C)C)[C@@H](O)[C@@H](O)[C@@H]2OCCO[C@@H]2OC(C(=O)OCC#C[Si](C)(C)C)[C@@H](OC(C)C)[C@H](O)[C@@H]2O)cc1.COc1ccc(COC(=O)C2O[C@@H](OC(C)C)[C@@H](O)[C@@H](O)[C@@H]2OCCO[C@@H]2OC(C(=O)OCc3ccco3)[C@@H](OC(C)C)[C@H](O)[C@@H]2O)cc1. The number of rotatable bonds is 46. The topological polar surface area (TPSA) is 608 Å². The highest BCUT2D eigenvalue weighted by atomic mass is 28.3. The number of aliphatic hydroxyl groups is 12. The number of benzene rings is 3. The first-order valence-corrected chi connectivity index (χ1v) is 50.8. The molecule has 145 heavy (non-hydrogen) atoms. The average molecular weight is 2080 g/mol. The second-order valence-corrected chi connectivity index (χ2v) is 41.3. The summed E-state index contributed by atoms with van der Waals surface area (Å²) in [6, 6.07) is 23.7. The Morgan fingerprint density at radius 2 is 0.552 bits per heavy atom. The van der Waals surface area contributed by atoms with E-state index in [9.17, 15) is 90.0 Å². The van der Waals surface area contributed by atoms with E-state index >= 15 is 0 Å². The van der Waals surface area contributed by atoms with Crippen molar-refractivity contribution in [3.05, 3.63) is 114 Å². The molecule has 6 unspecified atom stereocenters.